The van der Waals surface area contributed by atoms with Gasteiger partial charge in [-0.2, -0.15) is 0 Å². The molecule has 0 unspecified atom stereocenters. The van der Waals surface area contributed by atoms with Gasteiger partial charge in [-0.05, 0) is 50.8 Å². The summed E-state index contributed by atoms with van der Waals surface area (Å²) < 4.78 is 33.6. The van der Waals surface area contributed by atoms with E-state index in [1.807, 2.05) is 38.1 Å². The summed E-state index contributed by atoms with van der Waals surface area (Å²) in [7, 11) is 0. The van der Waals surface area contributed by atoms with Crippen molar-refractivity contribution in [1.82, 2.24) is 9.80 Å². The molecule has 4 rings (SSSR count). The van der Waals surface area contributed by atoms with Crippen molar-refractivity contribution in [2.24, 2.45) is 11.3 Å². The van der Waals surface area contributed by atoms with Gasteiger partial charge in [0.05, 0.1) is 18.1 Å². The van der Waals surface area contributed by atoms with Gasteiger partial charge in [0.15, 0.2) is 0 Å². The van der Waals surface area contributed by atoms with Crippen LogP contribution in [0.25, 0.3) is 0 Å². The Kier molecular flexibility index (Phi) is 6.58. The third-order valence-corrected chi connectivity index (χ3v) is 8.03. The van der Waals surface area contributed by atoms with Crippen LogP contribution in [0.15, 0.2) is 36.9 Å². The van der Waals surface area contributed by atoms with Crippen LogP contribution in [0.2, 0.25) is 5.02 Å². The summed E-state index contributed by atoms with van der Waals surface area (Å²) in [5.74, 6) is -0.937. The molecule has 1 spiro atoms. The van der Waals surface area contributed by atoms with Gasteiger partial charge in [0.2, 0.25) is 11.8 Å². The highest BCUT2D eigenvalue weighted by molar-refractivity contribution is 6.31. The van der Waals surface area contributed by atoms with E-state index in [1.54, 1.807) is 4.90 Å². The summed E-state index contributed by atoms with van der Waals surface area (Å²) >= 11 is 6.49. The number of alkyl halides is 2. The smallest absolute Gasteiger partial charge is 0.259 e. The fourth-order valence-corrected chi connectivity index (χ4v) is 6.13. The van der Waals surface area contributed by atoms with E-state index >= 15 is 0 Å². The van der Waals surface area contributed by atoms with Gasteiger partial charge in [-0.3, -0.25) is 9.59 Å². The lowest BCUT2D eigenvalue weighted by atomic mass is 9.65. The topological polar surface area (TPSA) is 49.9 Å². The number of benzene rings is 1. The van der Waals surface area contributed by atoms with E-state index in [0.29, 0.717) is 44.0 Å². The molecule has 1 aromatic carbocycles. The second-order valence-corrected chi connectivity index (χ2v) is 10.6. The fourth-order valence-electron chi connectivity index (χ4n) is 5.85. The van der Waals surface area contributed by atoms with Crippen molar-refractivity contribution in [1.29, 1.82) is 0 Å². The van der Waals surface area contributed by atoms with Crippen LogP contribution in [0.1, 0.15) is 44.6 Å². The zero-order valence-corrected chi connectivity index (χ0v) is 19.9. The number of rotatable bonds is 4. The number of piperidine rings is 1. The van der Waals surface area contributed by atoms with Crippen LogP contribution in [-0.4, -0.2) is 65.9 Å². The third kappa shape index (κ3) is 4.42. The van der Waals surface area contributed by atoms with E-state index in [4.69, 9.17) is 16.3 Å². The maximum absolute atomic E-state index is 13.8. The number of nitrogens with zero attached hydrogens (tertiary/aromatic N) is 2. The van der Waals surface area contributed by atoms with Gasteiger partial charge < -0.3 is 14.5 Å². The number of carbonyl (C=O) groups is 2. The Hall–Kier alpha value is -1.99. The summed E-state index contributed by atoms with van der Waals surface area (Å²) in [5.41, 5.74) is -0.0706. The first-order valence-corrected chi connectivity index (χ1v) is 11.8. The van der Waals surface area contributed by atoms with Gasteiger partial charge in [0, 0.05) is 36.0 Å². The first-order chi connectivity index (χ1) is 15.6. The number of hydrogen-bond donors (Lipinski definition) is 0. The third-order valence-electron chi connectivity index (χ3n) is 7.69. The maximum atomic E-state index is 13.8. The normalized spacial score (nSPS) is 28.5. The predicted molar refractivity (Wildman–Crippen MR) is 122 cm³/mol. The van der Waals surface area contributed by atoms with E-state index in [9.17, 15) is 18.4 Å². The Balaban J connectivity index is 1.48. The van der Waals surface area contributed by atoms with E-state index in [1.165, 1.54) is 4.90 Å². The van der Waals surface area contributed by atoms with Crippen LogP contribution in [-0.2, 0) is 14.3 Å². The molecule has 0 aromatic heterocycles. The number of halogens is 3. The molecule has 180 valence electrons. The van der Waals surface area contributed by atoms with Crippen LogP contribution in [0.4, 0.5) is 8.78 Å². The zero-order chi connectivity index (χ0) is 24.0. The minimum absolute atomic E-state index is 0.0165. The minimum Gasteiger partial charge on any atom is -0.375 e. The molecule has 0 N–H and O–H groups in total. The van der Waals surface area contributed by atoms with Crippen LogP contribution in [0.3, 0.4) is 0 Å². The van der Waals surface area contributed by atoms with Crippen LogP contribution >= 0.6 is 11.6 Å². The molecular weight excluding hydrogens is 450 g/mol. The van der Waals surface area contributed by atoms with E-state index < -0.39 is 23.8 Å². The molecule has 3 fully saturated rings. The van der Waals surface area contributed by atoms with Gasteiger partial charge in [-0.1, -0.05) is 36.4 Å². The van der Waals surface area contributed by atoms with Crippen molar-refractivity contribution in [2.45, 2.75) is 57.1 Å². The van der Waals surface area contributed by atoms with Gasteiger partial charge in [-0.15, -0.1) is 0 Å². The van der Waals surface area contributed by atoms with Crippen molar-refractivity contribution in [3.05, 3.63) is 47.5 Å². The Morgan fingerprint density at radius 1 is 1.24 bits per heavy atom. The van der Waals surface area contributed by atoms with Gasteiger partial charge >= 0.3 is 0 Å². The highest BCUT2D eigenvalue weighted by atomic mass is 35.5. The average molecular weight is 481 g/mol. The van der Waals surface area contributed by atoms with Crippen LogP contribution in [0, 0.1) is 11.3 Å². The molecule has 3 aliphatic heterocycles. The summed E-state index contributed by atoms with van der Waals surface area (Å²) in [5, 5.41) is 0.636. The first-order valence-electron chi connectivity index (χ1n) is 11.5. The van der Waals surface area contributed by atoms with E-state index in [2.05, 4.69) is 6.58 Å². The summed E-state index contributed by atoms with van der Waals surface area (Å²) in [4.78, 5) is 28.5. The monoisotopic (exact) mass is 480 g/mol. The lowest BCUT2D eigenvalue weighted by molar-refractivity contribution is -0.183. The molecule has 0 bridgehead atoms. The van der Waals surface area contributed by atoms with Crippen molar-refractivity contribution in [3.8, 4) is 0 Å². The standard InChI is InChI=1S/C25H31ClF2N2O3/c1-4-20(31)30-15-25(21(30)22(27)28)9-11-29(12-10-25)23(32)18-14-33-24(2,3)13-17(18)16-7-5-6-8-19(16)26/h4-8,17-18,21-22H,1,9-15H2,2-3H3/t17-,18+,21+/m1/s1. The summed E-state index contributed by atoms with van der Waals surface area (Å²) in [6, 6.07) is 6.48. The number of likely N-dealkylation sites (tertiary alicyclic amines) is 2. The number of amides is 2. The average Bonchev–Trinajstić information content (AvgIpc) is 2.76. The molecule has 0 saturated carbocycles. The maximum Gasteiger partial charge on any atom is 0.259 e. The van der Waals surface area contributed by atoms with Crippen molar-refractivity contribution in [3.63, 3.8) is 0 Å². The molecule has 0 radical (unpaired) electrons. The van der Waals surface area contributed by atoms with Crippen molar-refractivity contribution in [2.75, 3.05) is 26.2 Å². The predicted octanol–water partition coefficient (Wildman–Crippen LogP) is 4.51. The molecule has 3 saturated heterocycles. The lowest BCUT2D eigenvalue weighted by Gasteiger charge is -2.59. The Morgan fingerprint density at radius 3 is 2.52 bits per heavy atom. The second kappa shape index (κ2) is 8.99. The fraction of sp³-hybridized carbons (Fsp3) is 0.600. The van der Waals surface area contributed by atoms with Gasteiger partial charge in [0.1, 0.15) is 6.04 Å². The summed E-state index contributed by atoms with van der Waals surface area (Å²) in [6.45, 7) is 8.82. The highest BCUT2D eigenvalue weighted by Crippen LogP contribution is 2.49. The molecular formula is C25H31ClF2N2O3. The van der Waals surface area contributed by atoms with Gasteiger partial charge in [0.25, 0.3) is 6.43 Å². The zero-order valence-electron chi connectivity index (χ0n) is 19.1. The first kappa shape index (κ1) is 24.1. The molecule has 3 atom stereocenters. The Morgan fingerprint density at radius 2 is 1.91 bits per heavy atom. The molecule has 5 nitrogen and oxygen atoms in total. The molecule has 33 heavy (non-hydrogen) atoms. The van der Waals surface area contributed by atoms with E-state index in [0.717, 1.165) is 11.6 Å². The minimum atomic E-state index is -2.62. The largest absolute Gasteiger partial charge is 0.375 e. The summed E-state index contributed by atoms with van der Waals surface area (Å²) in [6.07, 6.45) is 0.0234. The van der Waals surface area contributed by atoms with E-state index in [-0.39, 0.29) is 29.9 Å². The molecule has 2 amide bonds. The SMILES string of the molecule is C=CC(=O)N1CC2(CCN(C(=O)[C@H]3COC(C)(C)C[C@@H]3c3ccccc3Cl)CC2)[C@@H]1C(F)F. The van der Waals surface area contributed by atoms with Crippen LogP contribution in [0.5, 0.6) is 0 Å². The second-order valence-electron chi connectivity index (χ2n) is 10.1. The molecule has 8 heteroatoms. The number of hydrogen-bond acceptors (Lipinski definition) is 3. The van der Waals surface area contributed by atoms with Crippen LogP contribution < -0.4 is 0 Å². The van der Waals surface area contributed by atoms with Gasteiger partial charge in [-0.25, -0.2) is 8.78 Å². The van der Waals surface area contributed by atoms with Crippen molar-refractivity contribution < 1.29 is 23.1 Å². The molecule has 3 heterocycles. The quantitative estimate of drug-likeness (QED) is 0.596. The molecule has 1 aromatic rings. The van der Waals surface area contributed by atoms with Crippen molar-refractivity contribution >= 4 is 23.4 Å². The Labute approximate surface area is 198 Å². The number of ether oxygens (including phenoxy) is 1. The lowest BCUT2D eigenvalue weighted by Crippen LogP contribution is -2.71. The Bertz CT molecular complexity index is 930. The number of carbonyl (C=O) groups excluding carboxylic acids is 2. The highest BCUT2D eigenvalue weighted by Gasteiger charge is 2.59. The molecule has 3 aliphatic rings. The molecule has 0 aliphatic carbocycles.